The van der Waals surface area contributed by atoms with Crippen LogP contribution >= 0.6 is 0 Å². The first-order valence-corrected chi connectivity index (χ1v) is 7.21. The number of nitrogens with zero attached hydrogens (tertiary/aromatic N) is 1. The van der Waals surface area contributed by atoms with Gasteiger partial charge in [-0.15, -0.1) is 0 Å². The number of ketones is 1. The van der Waals surface area contributed by atoms with Crippen LogP contribution in [0.25, 0.3) is 22.0 Å². The fourth-order valence-electron chi connectivity index (χ4n) is 3.02. The molecule has 0 spiro atoms. The molecule has 0 amide bonds. The van der Waals surface area contributed by atoms with E-state index >= 15 is 0 Å². The number of aromatic nitrogens is 1. The molecule has 0 bridgehead atoms. The first-order valence-electron chi connectivity index (χ1n) is 7.21. The summed E-state index contributed by atoms with van der Waals surface area (Å²) in [5.41, 5.74) is 3.95. The lowest BCUT2D eigenvalue weighted by atomic mass is 9.85. The van der Waals surface area contributed by atoms with Gasteiger partial charge in [-0.1, -0.05) is 18.2 Å². The zero-order valence-corrected chi connectivity index (χ0v) is 11.8. The highest BCUT2D eigenvalue weighted by Crippen LogP contribution is 2.38. The molecule has 2 N–H and O–H groups in total. The minimum Gasteiger partial charge on any atom is -0.395 e. The Morgan fingerprint density at radius 2 is 1.95 bits per heavy atom. The maximum atomic E-state index is 12.7. The molecule has 1 aromatic heterocycles. The number of hydrogen-bond donors (Lipinski definition) is 2. The van der Waals surface area contributed by atoms with E-state index < -0.39 is 0 Å². The molecule has 0 saturated heterocycles. The maximum absolute atomic E-state index is 12.7. The molecule has 108 valence electrons. The van der Waals surface area contributed by atoms with Crippen molar-refractivity contribution in [2.45, 2.75) is 0 Å². The van der Waals surface area contributed by atoms with Gasteiger partial charge >= 0.3 is 0 Å². The van der Waals surface area contributed by atoms with Crippen molar-refractivity contribution in [2.75, 3.05) is 18.5 Å². The van der Waals surface area contributed by atoms with Crippen molar-refractivity contribution >= 4 is 22.2 Å². The van der Waals surface area contributed by atoms with Gasteiger partial charge in [-0.25, -0.2) is 0 Å². The van der Waals surface area contributed by atoms with Crippen LogP contribution in [0.5, 0.6) is 0 Å². The Balaban J connectivity index is 1.99. The summed E-state index contributed by atoms with van der Waals surface area (Å²) in [7, 11) is 0. The highest BCUT2D eigenvalue weighted by Gasteiger charge is 2.25. The van der Waals surface area contributed by atoms with Gasteiger partial charge in [0.05, 0.1) is 12.3 Å². The van der Waals surface area contributed by atoms with Crippen molar-refractivity contribution in [3.8, 4) is 11.3 Å². The molecule has 1 aliphatic carbocycles. The van der Waals surface area contributed by atoms with E-state index in [0.717, 1.165) is 27.7 Å². The average molecular weight is 290 g/mol. The Kier molecular flexibility index (Phi) is 2.91. The van der Waals surface area contributed by atoms with Crippen molar-refractivity contribution in [3.63, 3.8) is 0 Å². The van der Waals surface area contributed by atoms with E-state index in [4.69, 9.17) is 5.11 Å². The first-order chi connectivity index (χ1) is 10.8. The van der Waals surface area contributed by atoms with Crippen LogP contribution in [0.15, 0.2) is 48.7 Å². The van der Waals surface area contributed by atoms with Crippen LogP contribution in [0.3, 0.4) is 0 Å². The molecule has 0 atom stereocenters. The van der Waals surface area contributed by atoms with Gasteiger partial charge < -0.3 is 10.4 Å². The molecule has 0 saturated carbocycles. The Bertz CT molecular complexity index is 897. The monoisotopic (exact) mass is 290 g/mol. The van der Waals surface area contributed by atoms with E-state index in [-0.39, 0.29) is 12.4 Å². The summed E-state index contributed by atoms with van der Waals surface area (Å²) in [6, 6.07) is 13.3. The number of fused-ring (bicyclic) bond motifs is 2. The largest absolute Gasteiger partial charge is 0.395 e. The number of aliphatic hydroxyl groups excluding tert-OH is 1. The molecule has 2 aromatic carbocycles. The number of nitrogens with one attached hydrogen (secondary N) is 1. The predicted octanol–water partition coefficient (Wildman–Crippen LogP) is 2.85. The van der Waals surface area contributed by atoms with Crippen LogP contribution < -0.4 is 5.32 Å². The Labute approximate surface area is 127 Å². The van der Waals surface area contributed by atoms with Crippen LogP contribution in [-0.2, 0) is 0 Å². The normalized spacial score (nSPS) is 12.3. The number of anilines is 1. The van der Waals surface area contributed by atoms with Crippen molar-refractivity contribution in [3.05, 3.63) is 59.8 Å². The Morgan fingerprint density at radius 3 is 2.82 bits per heavy atom. The number of carbonyl (C=O) groups is 1. The lowest BCUT2D eigenvalue weighted by Gasteiger charge is -2.19. The smallest absolute Gasteiger partial charge is 0.194 e. The van der Waals surface area contributed by atoms with Crippen molar-refractivity contribution in [1.29, 1.82) is 0 Å². The molecule has 0 unspecified atom stereocenters. The van der Waals surface area contributed by atoms with Crippen LogP contribution in [0.2, 0.25) is 0 Å². The molecular weight excluding hydrogens is 276 g/mol. The molecule has 22 heavy (non-hydrogen) atoms. The third-order valence-corrected chi connectivity index (χ3v) is 4.00. The Hall–Kier alpha value is -2.72. The highest BCUT2D eigenvalue weighted by molar-refractivity contribution is 6.25. The van der Waals surface area contributed by atoms with Crippen molar-refractivity contribution < 1.29 is 9.90 Å². The number of carbonyl (C=O) groups excluding carboxylic acids is 1. The minimum absolute atomic E-state index is 0.0369. The van der Waals surface area contributed by atoms with Crippen LogP contribution in [0.1, 0.15) is 15.9 Å². The van der Waals surface area contributed by atoms with Gasteiger partial charge in [0, 0.05) is 40.5 Å². The summed E-state index contributed by atoms with van der Waals surface area (Å²) in [6.07, 6.45) is 1.77. The molecule has 0 radical (unpaired) electrons. The lowest BCUT2D eigenvalue weighted by molar-refractivity contribution is 0.104. The van der Waals surface area contributed by atoms with Gasteiger partial charge in [0.25, 0.3) is 0 Å². The van der Waals surface area contributed by atoms with E-state index in [1.54, 1.807) is 6.20 Å². The number of pyridine rings is 1. The van der Waals surface area contributed by atoms with E-state index in [1.807, 2.05) is 42.5 Å². The van der Waals surface area contributed by atoms with Gasteiger partial charge in [0.1, 0.15) is 0 Å². The maximum Gasteiger partial charge on any atom is 0.194 e. The van der Waals surface area contributed by atoms with E-state index in [9.17, 15) is 4.79 Å². The summed E-state index contributed by atoms with van der Waals surface area (Å²) in [6.45, 7) is 0.535. The number of hydrogen-bond acceptors (Lipinski definition) is 4. The van der Waals surface area contributed by atoms with Gasteiger partial charge in [-0.05, 0) is 29.7 Å². The molecule has 4 nitrogen and oxygen atoms in total. The van der Waals surface area contributed by atoms with Crippen molar-refractivity contribution in [1.82, 2.24) is 4.98 Å². The fourth-order valence-corrected chi connectivity index (χ4v) is 3.02. The van der Waals surface area contributed by atoms with Crippen LogP contribution in [-0.4, -0.2) is 29.0 Å². The summed E-state index contributed by atoms with van der Waals surface area (Å²) in [5, 5.41) is 14.0. The van der Waals surface area contributed by atoms with Gasteiger partial charge in [-0.2, -0.15) is 0 Å². The molecule has 3 aromatic rings. The Morgan fingerprint density at radius 1 is 1.05 bits per heavy atom. The molecule has 0 fully saturated rings. The summed E-state index contributed by atoms with van der Waals surface area (Å²) in [5.74, 6) is 0.0369. The number of benzene rings is 2. The number of rotatable bonds is 3. The second-order valence-corrected chi connectivity index (χ2v) is 5.30. The summed E-state index contributed by atoms with van der Waals surface area (Å²) >= 11 is 0. The lowest BCUT2D eigenvalue weighted by Crippen LogP contribution is -2.12. The summed E-state index contributed by atoms with van der Waals surface area (Å²) < 4.78 is 0. The molecular formula is C18H14N2O2. The molecule has 0 aliphatic heterocycles. The second kappa shape index (κ2) is 4.93. The average Bonchev–Trinajstić information content (AvgIpc) is 2.57. The number of aliphatic hydroxyl groups is 1. The molecule has 1 aliphatic rings. The second-order valence-electron chi connectivity index (χ2n) is 5.30. The quantitative estimate of drug-likeness (QED) is 0.609. The highest BCUT2D eigenvalue weighted by atomic mass is 16.3. The van der Waals surface area contributed by atoms with E-state index in [2.05, 4.69) is 10.3 Å². The van der Waals surface area contributed by atoms with Crippen LogP contribution in [0, 0.1) is 0 Å². The predicted molar refractivity (Wildman–Crippen MR) is 86.2 cm³/mol. The topological polar surface area (TPSA) is 62.2 Å². The van der Waals surface area contributed by atoms with Gasteiger partial charge in [-0.3, -0.25) is 9.78 Å². The zero-order chi connectivity index (χ0) is 15.1. The third kappa shape index (κ3) is 1.81. The van der Waals surface area contributed by atoms with Crippen molar-refractivity contribution in [2.24, 2.45) is 0 Å². The standard InChI is InChI=1S/C18H14N2O2/c21-9-8-19-12-4-5-13-15(10-12)17-16-11(6-7-20-17)2-1-3-14(16)18(13)22/h1-7,10,19,21H,8-9H2. The molecule has 4 heteroatoms. The van der Waals surface area contributed by atoms with Crippen LogP contribution in [0.4, 0.5) is 5.69 Å². The van der Waals surface area contributed by atoms with E-state index in [1.165, 1.54) is 0 Å². The minimum atomic E-state index is 0.0369. The zero-order valence-electron chi connectivity index (χ0n) is 11.8. The van der Waals surface area contributed by atoms with E-state index in [0.29, 0.717) is 17.7 Å². The SMILES string of the molecule is O=C1c2ccc(NCCO)cc2-c2nccc3cccc1c23. The van der Waals surface area contributed by atoms with Gasteiger partial charge in [0.2, 0.25) is 0 Å². The summed E-state index contributed by atoms with van der Waals surface area (Å²) in [4.78, 5) is 17.2. The third-order valence-electron chi connectivity index (χ3n) is 4.00. The fraction of sp³-hybridized carbons (Fsp3) is 0.111. The molecule has 1 heterocycles. The van der Waals surface area contributed by atoms with Gasteiger partial charge in [0.15, 0.2) is 5.78 Å². The first kappa shape index (κ1) is 13.0. The molecule has 4 rings (SSSR count).